The van der Waals surface area contributed by atoms with Gasteiger partial charge in [-0.15, -0.1) is 0 Å². The van der Waals surface area contributed by atoms with Crippen molar-refractivity contribution in [3.63, 3.8) is 0 Å². The van der Waals surface area contributed by atoms with Crippen molar-refractivity contribution >= 4 is 46.8 Å². The fraction of sp³-hybridized carbons (Fsp3) is 0.0455. The number of halogens is 1. The molecule has 3 heterocycles. The average molecular weight is 409 g/mol. The molecule has 149 valence electrons. The minimum atomic E-state index is -0.989. The molecule has 0 aliphatic carbocycles. The van der Waals surface area contributed by atoms with Gasteiger partial charge in [-0.25, -0.2) is 19.2 Å². The molecule has 3 aromatic heterocycles. The number of nitrogens with zero attached hydrogens (tertiary/aromatic N) is 2. The minimum Gasteiger partial charge on any atom is -0.478 e. The number of benzene rings is 2. The number of carboxylic acid groups (broad SMARTS) is 1. The summed E-state index contributed by atoms with van der Waals surface area (Å²) in [6, 6.07) is 13.3. The van der Waals surface area contributed by atoms with Gasteiger partial charge in [0.1, 0.15) is 12.0 Å². The van der Waals surface area contributed by atoms with Crippen molar-refractivity contribution in [2.24, 2.45) is 0 Å². The van der Waals surface area contributed by atoms with Gasteiger partial charge in [-0.1, -0.05) is 12.1 Å². The van der Waals surface area contributed by atoms with E-state index in [2.05, 4.69) is 19.9 Å². The van der Waals surface area contributed by atoms with Crippen LogP contribution in [0.5, 0.6) is 11.6 Å². The van der Waals surface area contributed by atoms with Gasteiger partial charge >= 0.3 is 5.97 Å². The molecular formula is C22H15FLiN4O3. The van der Waals surface area contributed by atoms with E-state index in [0.29, 0.717) is 27.6 Å². The first-order valence-electron chi connectivity index (χ1n) is 9.13. The van der Waals surface area contributed by atoms with Crippen molar-refractivity contribution < 1.29 is 19.0 Å². The number of aryl methyl sites for hydroxylation is 1. The predicted octanol–water partition coefficient (Wildman–Crippen LogP) is 4.66. The summed E-state index contributed by atoms with van der Waals surface area (Å²) in [5.41, 5.74) is 3.76. The van der Waals surface area contributed by atoms with Crippen molar-refractivity contribution in [2.45, 2.75) is 6.92 Å². The molecule has 5 rings (SSSR count). The number of hydrogen-bond acceptors (Lipinski definition) is 4. The molecule has 0 spiro atoms. The maximum absolute atomic E-state index is 14.9. The maximum atomic E-state index is 14.9. The molecule has 0 atom stereocenters. The number of aromatic nitrogens is 4. The van der Waals surface area contributed by atoms with Crippen LogP contribution in [-0.4, -0.2) is 49.9 Å². The van der Waals surface area contributed by atoms with E-state index in [-0.39, 0.29) is 36.1 Å². The van der Waals surface area contributed by atoms with Crippen LogP contribution in [0.4, 0.5) is 4.39 Å². The zero-order valence-electron chi connectivity index (χ0n) is 16.7. The first-order chi connectivity index (χ1) is 14.5. The van der Waals surface area contributed by atoms with E-state index in [9.17, 15) is 9.18 Å². The van der Waals surface area contributed by atoms with E-state index in [1.165, 1.54) is 18.5 Å². The Hall–Kier alpha value is -3.60. The molecule has 0 amide bonds. The van der Waals surface area contributed by atoms with E-state index < -0.39 is 11.8 Å². The Morgan fingerprint density at radius 2 is 1.81 bits per heavy atom. The van der Waals surface area contributed by atoms with Gasteiger partial charge in [0, 0.05) is 41.2 Å². The summed E-state index contributed by atoms with van der Waals surface area (Å²) in [4.78, 5) is 25.7. The molecule has 0 saturated carbocycles. The molecule has 9 heteroatoms. The second-order valence-electron chi connectivity index (χ2n) is 6.90. The van der Waals surface area contributed by atoms with E-state index in [4.69, 9.17) is 9.84 Å². The van der Waals surface area contributed by atoms with Crippen LogP contribution in [0.25, 0.3) is 33.2 Å². The Morgan fingerprint density at radius 1 is 1.03 bits per heavy atom. The van der Waals surface area contributed by atoms with E-state index in [1.807, 2.05) is 6.92 Å². The Kier molecular flexibility index (Phi) is 5.27. The predicted molar refractivity (Wildman–Crippen MR) is 115 cm³/mol. The molecule has 2 aromatic carbocycles. The minimum absolute atomic E-state index is 0. The second-order valence-corrected chi connectivity index (χ2v) is 6.90. The van der Waals surface area contributed by atoms with Crippen LogP contribution in [0.2, 0.25) is 0 Å². The van der Waals surface area contributed by atoms with Gasteiger partial charge in [0.05, 0.1) is 10.9 Å². The monoisotopic (exact) mass is 409 g/mol. The van der Waals surface area contributed by atoms with Gasteiger partial charge in [0.25, 0.3) is 0 Å². The summed E-state index contributed by atoms with van der Waals surface area (Å²) in [7, 11) is 0. The van der Waals surface area contributed by atoms with Crippen LogP contribution in [0.1, 0.15) is 16.1 Å². The molecule has 7 nitrogen and oxygen atoms in total. The molecular weight excluding hydrogens is 394 g/mol. The van der Waals surface area contributed by atoms with Crippen LogP contribution in [0, 0.1) is 12.7 Å². The van der Waals surface area contributed by atoms with Gasteiger partial charge in [0.2, 0.25) is 5.88 Å². The normalized spacial score (nSPS) is 10.9. The number of carboxylic acids is 1. The Morgan fingerprint density at radius 3 is 2.55 bits per heavy atom. The number of aromatic amines is 2. The van der Waals surface area contributed by atoms with Crippen LogP contribution in [-0.2, 0) is 0 Å². The molecule has 0 aliphatic rings. The first-order valence-corrected chi connectivity index (χ1v) is 9.13. The van der Waals surface area contributed by atoms with Crippen molar-refractivity contribution in [2.75, 3.05) is 0 Å². The standard InChI is InChI=1S/C22H15FN4O3.Li/c1-11-8-14-16(26-11)6-7-18(19(14)23)30-21-15-9-17(27-20(15)24-10-25-21)12-2-4-13(5-3-12)22(28)29;/h2-10,26H,1H3,(H,28,29)(H,24,25,27);. The third-order valence-corrected chi connectivity index (χ3v) is 4.88. The number of ether oxygens (including phenoxy) is 1. The van der Waals surface area contributed by atoms with Gasteiger partial charge in [-0.3, -0.25) is 0 Å². The van der Waals surface area contributed by atoms with Gasteiger partial charge < -0.3 is 19.8 Å². The maximum Gasteiger partial charge on any atom is 0.335 e. The molecule has 0 bridgehead atoms. The fourth-order valence-corrected chi connectivity index (χ4v) is 3.42. The Labute approximate surface area is 187 Å². The van der Waals surface area contributed by atoms with Crippen molar-refractivity contribution in [1.29, 1.82) is 0 Å². The zero-order valence-corrected chi connectivity index (χ0v) is 16.7. The molecule has 5 aromatic rings. The summed E-state index contributed by atoms with van der Waals surface area (Å²) in [6.07, 6.45) is 1.34. The third-order valence-electron chi connectivity index (χ3n) is 4.88. The van der Waals surface area contributed by atoms with E-state index in [0.717, 1.165) is 11.3 Å². The fourth-order valence-electron chi connectivity index (χ4n) is 3.42. The number of H-pyrrole nitrogens is 2. The van der Waals surface area contributed by atoms with Crippen LogP contribution < -0.4 is 4.74 Å². The van der Waals surface area contributed by atoms with Crippen LogP contribution in [0.3, 0.4) is 0 Å². The summed E-state index contributed by atoms with van der Waals surface area (Å²) in [5, 5.41) is 10.1. The summed E-state index contributed by atoms with van der Waals surface area (Å²) < 4.78 is 20.7. The SMILES string of the molecule is Cc1cc2c(F)c(Oc3ncnc4[nH]c(-c5ccc(C(=O)O)cc5)cc34)ccc2[nH]1.[Li]. The largest absolute Gasteiger partial charge is 0.478 e. The molecule has 0 aliphatic heterocycles. The number of hydrogen-bond donors (Lipinski definition) is 3. The Balaban J connectivity index is 0.00000231. The van der Waals surface area contributed by atoms with Gasteiger partial charge in [-0.2, -0.15) is 0 Å². The molecule has 0 saturated heterocycles. The molecule has 3 N–H and O–H groups in total. The molecule has 0 fully saturated rings. The van der Waals surface area contributed by atoms with Crippen molar-refractivity contribution in [1.82, 2.24) is 19.9 Å². The number of fused-ring (bicyclic) bond motifs is 2. The summed E-state index contributed by atoms with van der Waals surface area (Å²) >= 11 is 0. The van der Waals surface area contributed by atoms with Gasteiger partial charge in [0.15, 0.2) is 11.6 Å². The van der Waals surface area contributed by atoms with Crippen molar-refractivity contribution in [3.05, 3.63) is 71.9 Å². The zero-order chi connectivity index (χ0) is 20.8. The Bertz CT molecular complexity index is 1430. The van der Waals surface area contributed by atoms with Crippen LogP contribution >= 0.6 is 0 Å². The van der Waals surface area contributed by atoms with Crippen LogP contribution in [0.15, 0.2) is 54.9 Å². The number of carbonyl (C=O) groups is 1. The summed E-state index contributed by atoms with van der Waals surface area (Å²) in [6.45, 7) is 1.86. The van der Waals surface area contributed by atoms with E-state index in [1.54, 1.807) is 36.4 Å². The molecule has 31 heavy (non-hydrogen) atoms. The third kappa shape index (κ3) is 3.67. The number of nitrogens with one attached hydrogen (secondary N) is 2. The molecule has 0 unspecified atom stereocenters. The van der Waals surface area contributed by atoms with E-state index >= 15 is 0 Å². The quantitative estimate of drug-likeness (QED) is 0.375. The average Bonchev–Trinajstić information content (AvgIpc) is 3.34. The molecule has 1 radical (unpaired) electrons. The summed E-state index contributed by atoms with van der Waals surface area (Å²) in [5.74, 6) is -1.18. The second kappa shape index (κ2) is 7.91. The first kappa shape index (κ1) is 20.7. The number of rotatable bonds is 4. The number of aromatic carboxylic acids is 1. The topological polar surface area (TPSA) is 104 Å². The van der Waals surface area contributed by atoms with Gasteiger partial charge in [-0.05, 0) is 48.9 Å². The smallest absolute Gasteiger partial charge is 0.335 e. The van der Waals surface area contributed by atoms with Crippen molar-refractivity contribution in [3.8, 4) is 22.9 Å².